The van der Waals surface area contributed by atoms with Gasteiger partial charge in [-0.05, 0) is 49.2 Å². The second kappa shape index (κ2) is 8.37. The van der Waals surface area contributed by atoms with Crippen molar-refractivity contribution in [3.05, 3.63) is 81.5 Å². The van der Waals surface area contributed by atoms with Crippen LogP contribution in [-0.4, -0.2) is 25.6 Å². The van der Waals surface area contributed by atoms with E-state index in [4.69, 9.17) is 4.99 Å². The number of hydrogen-bond acceptors (Lipinski definition) is 5. The molecule has 0 radical (unpaired) electrons. The van der Waals surface area contributed by atoms with Crippen molar-refractivity contribution in [2.75, 3.05) is 11.9 Å². The van der Waals surface area contributed by atoms with Gasteiger partial charge in [0.2, 0.25) is 0 Å². The minimum Gasteiger partial charge on any atom is -0.369 e. The lowest BCUT2D eigenvalue weighted by molar-refractivity contribution is -0.137. The van der Waals surface area contributed by atoms with Crippen molar-refractivity contribution in [2.45, 2.75) is 32.6 Å². The van der Waals surface area contributed by atoms with Crippen molar-refractivity contribution in [3.63, 3.8) is 0 Å². The van der Waals surface area contributed by atoms with E-state index in [2.05, 4.69) is 15.3 Å². The molecule has 0 bridgehead atoms. The van der Waals surface area contributed by atoms with Crippen LogP contribution >= 0.6 is 0 Å². The van der Waals surface area contributed by atoms with Crippen LogP contribution in [0.4, 0.5) is 19.0 Å². The van der Waals surface area contributed by atoms with Gasteiger partial charge in [-0.15, -0.1) is 0 Å². The number of alkyl halides is 3. The summed E-state index contributed by atoms with van der Waals surface area (Å²) < 4.78 is 43.2. The van der Waals surface area contributed by atoms with Crippen molar-refractivity contribution in [1.29, 1.82) is 0 Å². The van der Waals surface area contributed by atoms with E-state index in [1.54, 1.807) is 39.2 Å². The Balaban J connectivity index is 1.71. The molecule has 0 saturated carbocycles. The maximum atomic E-state index is 13.2. The highest BCUT2D eigenvalue weighted by atomic mass is 19.4. The zero-order chi connectivity index (χ0) is 24.9. The van der Waals surface area contributed by atoms with Gasteiger partial charge in [-0.25, -0.2) is 9.97 Å². The number of rotatable bonds is 3. The molecule has 1 unspecified atom stereocenters. The highest BCUT2D eigenvalue weighted by Crippen LogP contribution is 2.36. The van der Waals surface area contributed by atoms with Crippen LogP contribution < -0.4 is 16.4 Å². The quantitative estimate of drug-likeness (QED) is 0.478. The molecule has 2 aromatic rings. The molecule has 180 valence electrons. The van der Waals surface area contributed by atoms with Gasteiger partial charge in [-0.1, -0.05) is 12.1 Å². The van der Waals surface area contributed by atoms with Crippen LogP contribution in [0.1, 0.15) is 29.9 Å². The van der Waals surface area contributed by atoms with E-state index in [0.717, 1.165) is 29.1 Å². The van der Waals surface area contributed by atoms with E-state index in [0.29, 0.717) is 41.4 Å². The summed E-state index contributed by atoms with van der Waals surface area (Å²) in [5.74, 6) is 2.04. The Kier molecular flexibility index (Phi) is 5.46. The van der Waals surface area contributed by atoms with Crippen LogP contribution in [0.2, 0.25) is 0 Å². The van der Waals surface area contributed by atoms with Crippen LogP contribution in [0.5, 0.6) is 0 Å². The fraction of sp³-hybridized carbons (Fsp3) is 0.280. The monoisotopic (exact) mass is 480 g/mol. The predicted molar refractivity (Wildman–Crippen MR) is 126 cm³/mol. The molecule has 3 aliphatic heterocycles. The number of aromatic nitrogens is 4. The Labute approximate surface area is 199 Å². The zero-order valence-electron chi connectivity index (χ0n) is 19.4. The summed E-state index contributed by atoms with van der Waals surface area (Å²) in [5, 5.41) is 3.38. The molecule has 35 heavy (non-hydrogen) atoms. The van der Waals surface area contributed by atoms with E-state index < -0.39 is 17.8 Å². The number of fused-ring (bicyclic) bond motifs is 3. The SMILES string of the molecule is Cc1nc2n3c(c(-c4ccn(C)c(=O)c4)cc-2c(=NC(C)c2cccc(C(F)(F)F)c2)n1)NCC3. The molecule has 0 aliphatic carbocycles. The minimum absolute atomic E-state index is 0.137. The molecule has 0 spiro atoms. The van der Waals surface area contributed by atoms with Crippen LogP contribution in [0.15, 0.2) is 58.4 Å². The highest BCUT2D eigenvalue weighted by Gasteiger charge is 2.31. The normalized spacial score (nSPS) is 14.7. The third kappa shape index (κ3) is 4.20. The maximum absolute atomic E-state index is 13.2. The molecule has 3 aliphatic rings. The molecule has 0 fully saturated rings. The number of pyridine rings is 2. The molecular weight excluding hydrogens is 457 g/mol. The van der Waals surface area contributed by atoms with Gasteiger partial charge in [0.25, 0.3) is 5.56 Å². The second-order valence-corrected chi connectivity index (χ2v) is 8.61. The van der Waals surface area contributed by atoms with Gasteiger partial charge >= 0.3 is 6.18 Å². The molecule has 1 N–H and O–H groups in total. The molecule has 4 heterocycles. The van der Waals surface area contributed by atoms with E-state index in [-0.39, 0.29) is 5.56 Å². The zero-order valence-corrected chi connectivity index (χ0v) is 19.4. The molecule has 10 heteroatoms. The largest absolute Gasteiger partial charge is 0.416 e. The smallest absolute Gasteiger partial charge is 0.369 e. The lowest BCUT2D eigenvalue weighted by Gasteiger charge is -2.18. The molecule has 5 rings (SSSR count). The summed E-state index contributed by atoms with van der Waals surface area (Å²) in [5.41, 5.74) is 2.19. The van der Waals surface area contributed by atoms with Crippen molar-refractivity contribution >= 4 is 5.82 Å². The van der Waals surface area contributed by atoms with E-state index >= 15 is 0 Å². The maximum Gasteiger partial charge on any atom is 0.416 e. The van der Waals surface area contributed by atoms with Gasteiger partial charge in [0.1, 0.15) is 17.5 Å². The summed E-state index contributed by atoms with van der Waals surface area (Å²) in [6.45, 7) is 4.87. The van der Waals surface area contributed by atoms with Crippen LogP contribution in [0.25, 0.3) is 22.5 Å². The summed E-state index contributed by atoms with van der Waals surface area (Å²) >= 11 is 0. The standard InChI is InChI=1S/C25H23F3N6O/c1-14(16-5-4-6-18(11-16)25(26,27)28)30-22-20-13-19(17-7-9-33(3)21(35)12-17)23-29-8-10-34(23)24(20)32-15(2)31-22/h4-7,9,11-14,29H,8,10H2,1-3H3. The van der Waals surface area contributed by atoms with Gasteiger partial charge in [0.15, 0.2) is 5.49 Å². The van der Waals surface area contributed by atoms with E-state index in [9.17, 15) is 18.0 Å². The van der Waals surface area contributed by atoms with Gasteiger partial charge in [0, 0.05) is 38.0 Å². The molecule has 1 aromatic carbocycles. The van der Waals surface area contributed by atoms with Gasteiger partial charge in [-0.2, -0.15) is 13.2 Å². The van der Waals surface area contributed by atoms with E-state index in [1.807, 2.05) is 16.7 Å². The van der Waals surface area contributed by atoms with Crippen LogP contribution in [-0.2, 0) is 19.8 Å². The molecule has 1 aromatic heterocycles. The van der Waals surface area contributed by atoms with Gasteiger partial charge in [-0.3, -0.25) is 9.79 Å². The number of hydrogen-bond donors (Lipinski definition) is 1. The Morgan fingerprint density at radius 2 is 1.91 bits per heavy atom. The number of halogens is 3. The number of aryl methyl sites for hydroxylation is 2. The van der Waals surface area contributed by atoms with Crippen molar-refractivity contribution in [1.82, 2.24) is 19.1 Å². The third-order valence-electron chi connectivity index (χ3n) is 6.14. The molecular formula is C25H23F3N6O. The number of benzene rings is 1. The third-order valence-corrected chi connectivity index (χ3v) is 6.14. The summed E-state index contributed by atoms with van der Waals surface area (Å²) in [6, 6.07) is 9.93. The average molecular weight is 480 g/mol. The fourth-order valence-corrected chi connectivity index (χ4v) is 4.31. The van der Waals surface area contributed by atoms with E-state index in [1.165, 1.54) is 10.6 Å². The topological polar surface area (TPSA) is 77.1 Å². The van der Waals surface area contributed by atoms with Crippen molar-refractivity contribution in [3.8, 4) is 22.5 Å². The lowest BCUT2D eigenvalue weighted by atomic mass is 10.0. The number of nitrogens with one attached hydrogen (secondary N) is 1. The Hall–Kier alpha value is -3.95. The first-order chi connectivity index (χ1) is 16.6. The fourth-order valence-electron chi connectivity index (χ4n) is 4.31. The highest BCUT2D eigenvalue weighted by molar-refractivity contribution is 5.82. The second-order valence-electron chi connectivity index (χ2n) is 8.61. The first-order valence-electron chi connectivity index (χ1n) is 11.2. The average Bonchev–Trinajstić information content (AvgIpc) is 3.30. The summed E-state index contributed by atoms with van der Waals surface area (Å²) in [6.07, 6.45) is -2.72. The first-order valence-corrected chi connectivity index (χ1v) is 11.2. The Morgan fingerprint density at radius 1 is 1.11 bits per heavy atom. The Morgan fingerprint density at radius 3 is 2.66 bits per heavy atom. The molecule has 7 nitrogen and oxygen atoms in total. The lowest BCUT2D eigenvalue weighted by Crippen LogP contribution is -2.21. The minimum atomic E-state index is -4.43. The van der Waals surface area contributed by atoms with Gasteiger partial charge in [0.05, 0.1) is 17.2 Å². The molecule has 0 amide bonds. The molecule has 1 atom stereocenters. The first kappa shape index (κ1) is 22.8. The Bertz CT molecular complexity index is 1540. The van der Waals surface area contributed by atoms with Crippen molar-refractivity contribution in [2.24, 2.45) is 12.0 Å². The number of anilines is 1. The van der Waals surface area contributed by atoms with Crippen molar-refractivity contribution < 1.29 is 13.2 Å². The summed E-state index contributed by atoms with van der Waals surface area (Å²) in [7, 11) is 1.69. The van der Waals surface area contributed by atoms with Crippen LogP contribution in [0, 0.1) is 6.92 Å². The van der Waals surface area contributed by atoms with Crippen LogP contribution in [0.3, 0.4) is 0 Å². The van der Waals surface area contributed by atoms with Gasteiger partial charge < -0.3 is 14.5 Å². The predicted octanol–water partition coefficient (Wildman–Crippen LogP) is 4.16. The molecule has 0 saturated heterocycles. The summed E-state index contributed by atoms with van der Waals surface area (Å²) in [4.78, 5) is 26.2. The number of nitrogens with zero attached hydrogens (tertiary/aromatic N) is 5.